The molecule has 0 bridgehead atoms. The Labute approximate surface area is 123 Å². The van der Waals surface area contributed by atoms with Gasteiger partial charge in [-0.1, -0.05) is 18.2 Å². The summed E-state index contributed by atoms with van der Waals surface area (Å²) in [5.74, 6) is -0.368. The topological polar surface area (TPSA) is 62.7 Å². The second kappa shape index (κ2) is 5.69. The predicted octanol–water partition coefficient (Wildman–Crippen LogP) is 2.55. The molecule has 1 aromatic heterocycles. The summed E-state index contributed by atoms with van der Waals surface area (Å²) in [6.45, 7) is 1.54. The van der Waals surface area contributed by atoms with Crippen LogP contribution in [0, 0.1) is 0 Å². The Bertz CT molecular complexity index is 664. The van der Waals surface area contributed by atoms with Crippen LogP contribution in [0.3, 0.4) is 0 Å². The number of carboxylic acids is 1. The Hall–Kier alpha value is -2.14. The van der Waals surface area contributed by atoms with Crippen molar-refractivity contribution in [3.8, 4) is 0 Å². The number of benzene rings is 1. The van der Waals surface area contributed by atoms with E-state index in [0.717, 1.165) is 36.8 Å². The lowest BCUT2D eigenvalue weighted by Gasteiger charge is -2.32. The zero-order valence-electron chi connectivity index (χ0n) is 12.0. The van der Waals surface area contributed by atoms with Gasteiger partial charge < -0.3 is 14.7 Å². The number of fused-ring (bicyclic) bond motifs is 1. The summed E-state index contributed by atoms with van der Waals surface area (Å²) in [6, 6.07) is 9.31. The third kappa shape index (κ3) is 2.69. The summed E-state index contributed by atoms with van der Waals surface area (Å²) in [7, 11) is 1.72. The highest BCUT2D eigenvalue weighted by molar-refractivity contribution is 5.98. The van der Waals surface area contributed by atoms with Gasteiger partial charge in [-0.25, -0.2) is 9.78 Å². The fourth-order valence-electron chi connectivity index (χ4n) is 2.81. The molecule has 5 nitrogen and oxygen atoms in total. The number of hydrogen-bond acceptors (Lipinski definition) is 4. The first-order chi connectivity index (χ1) is 10.2. The van der Waals surface area contributed by atoms with E-state index in [0.29, 0.717) is 5.82 Å². The molecule has 0 radical (unpaired) electrons. The number of hydrogen-bond donors (Lipinski definition) is 1. The molecule has 1 fully saturated rings. The number of carboxylic acid groups (broad SMARTS) is 1. The van der Waals surface area contributed by atoms with Gasteiger partial charge in [0.15, 0.2) is 0 Å². The van der Waals surface area contributed by atoms with Crippen LogP contribution < -0.4 is 4.90 Å². The molecule has 110 valence electrons. The standard InChI is InChI=1S/C16H18N2O3/c1-21-12-6-8-18(9-7-12)15-13(16(19)20)10-11-4-2-3-5-14(11)17-15/h2-5,10,12H,6-9H2,1H3,(H,19,20). The number of piperidine rings is 1. The summed E-state index contributed by atoms with van der Waals surface area (Å²) in [5.41, 5.74) is 1.09. The van der Waals surface area contributed by atoms with E-state index in [1.807, 2.05) is 29.2 Å². The fourth-order valence-corrected chi connectivity index (χ4v) is 2.81. The van der Waals surface area contributed by atoms with Crippen LogP contribution in [0.4, 0.5) is 5.82 Å². The Balaban J connectivity index is 2.00. The minimum absolute atomic E-state index is 0.259. The molecule has 5 heteroatoms. The van der Waals surface area contributed by atoms with Crippen molar-refractivity contribution < 1.29 is 14.6 Å². The van der Waals surface area contributed by atoms with Crippen LogP contribution in [0.25, 0.3) is 10.9 Å². The minimum Gasteiger partial charge on any atom is -0.478 e. The van der Waals surface area contributed by atoms with Gasteiger partial charge in [-0.05, 0) is 25.0 Å². The van der Waals surface area contributed by atoms with Crippen molar-refractivity contribution in [2.24, 2.45) is 0 Å². The maximum atomic E-state index is 11.5. The second-order valence-electron chi connectivity index (χ2n) is 5.28. The van der Waals surface area contributed by atoms with Gasteiger partial charge in [-0.2, -0.15) is 0 Å². The molecule has 2 heterocycles. The largest absolute Gasteiger partial charge is 0.478 e. The maximum Gasteiger partial charge on any atom is 0.339 e. The van der Waals surface area contributed by atoms with Crippen molar-refractivity contribution in [2.45, 2.75) is 18.9 Å². The summed E-state index contributed by atoms with van der Waals surface area (Å²) < 4.78 is 5.36. The first-order valence-corrected chi connectivity index (χ1v) is 7.10. The highest BCUT2D eigenvalue weighted by Crippen LogP contribution is 2.26. The SMILES string of the molecule is COC1CCN(c2nc3ccccc3cc2C(=O)O)CC1. The fraction of sp³-hybridized carbons (Fsp3) is 0.375. The van der Waals surface area contributed by atoms with E-state index >= 15 is 0 Å². The van der Waals surface area contributed by atoms with Crippen LogP contribution >= 0.6 is 0 Å². The van der Waals surface area contributed by atoms with Gasteiger partial charge in [0.2, 0.25) is 0 Å². The Morgan fingerprint density at radius 3 is 2.71 bits per heavy atom. The zero-order valence-corrected chi connectivity index (χ0v) is 12.0. The number of ether oxygens (including phenoxy) is 1. The average Bonchev–Trinajstić information content (AvgIpc) is 2.53. The molecule has 0 unspecified atom stereocenters. The van der Waals surface area contributed by atoms with E-state index in [1.54, 1.807) is 13.2 Å². The van der Waals surface area contributed by atoms with Crippen LogP contribution in [0.5, 0.6) is 0 Å². The quantitative estimate of drug-likeness (QED) is 0.939. The molecule has 1 aromatic carbocycles. The van der Waals surface area contributed by atoms with E-state index in [-0.39, 0.29) is 11.7 Å². The third-order valence-electron chi connectivity index (χ3n) is 4.01. The lowest BCUT2D eigenvalue weighted by atomic mass is 10.1. The van der Waals surface area contributed by atoms with Gasteiger partial charge in [-0.3, -0.25) is 0 Å². The van der Waals surface area contributed by atoms with Crippen molar-refractivity contribution in [3.63, 3.8) is 0 Å². The summed E-state index contributed by atoms with van der Waals surface area (Å²) in [4.78, 5) is 18.2. The molecule has 1 aliphatic heterocycles. The number of para-hydroxylation sites is 1. The summed E-state index contributed by atoms with van der Waals surface area (Å²) >= 11 is 0. The molecule has 0 amide bonds. The van der Waals surface area contributed by atoms with Crippen molar-refractivity contribution in [3.05, 3.63) is 35.9 Å². The third-order valence-corrected chi connectivity index (χ3v) is 4.01. The van der Waals surface area contributed by atoms with Gasteiger partial charge in [0.05, 0.1) is 11.6 Å². The summed E-state index contributed by atoms with van der Waals surface area (Å²) in [5, 5.41) is 10.3. The first kappa shape index (κ1) is 13.8. The highest BCUT2D eigenvalue weighted by atomic mass is 16.5. The van der Waals surface area contributed by atoms with Crippen molar-refractivity contribution >= 4 is 22.7 Å². The van der Waals surface area contributed by atoms with E-state index in [9.17, 15) is 9.90 Å². The molecule has 0 spiro atoms. The van der Waals surface area contributed by atoms with Crippen LogP contribution in [-0.2, 0) is 4.74 Å². The smallest absolute Gasteiger partial charge is 0.339 e. The molecule has 21 heavy (non-hydrogen) atoms. The van der Waals surface area contributed by atoms with E-state index in [4.69, 9.17) is 4.74 Å². The van der Waals surface area contributed by atoms with Crippen LogP contribution in [0.2, 0.25) is 0 Å². The molecule has 1 saturated heterocycles. The van der Waals surface area contributed by atoms with Gasteiger partial charge >= 0.3 is 5.97 Å². The predicted molar refractivity (Wildman–Crippen MR) is 80.9 cm³/mol. The number of pyridine rings is 1. The molecular formula is C16H18N2O3. The molecular weight excluding hydrogens is 268 g/mol. The van der Waals surface area contributed by atoms with E-state index in [1.165, 1.54) is 0 Å². The average molecular weight is 286 g/mol. The molecule has 0 saturated carbocycles. The number of aromatic nitrogens is 1. The lowest BCUT2D eigenvalue weighted by Crippen LogP contribution is -2.38. The second-order valence-corrected chi connectivity index (χ2v) is 5.28. The zero-order chi connectivity index (χ0) is 14.8. The highest BCUT2D eigenvalue weighted by Gasteiger charge is 2.24. The molecule has 1 N–H and O–H groups in total. The molecule has 2 aromatic rings. The number of anilines is 1. The Morgan fingerprint density at radius 2 is 2.05 bits per heavy atom. The Morgan fingerprint density at radius 1 is 1.33 bits per heavy atom. The van der Waals surface area contributed by atoms with Crippen LogP contribution in [-0.4, -0.2) is 42.4 Å². The molecule has 0 aliphatic carbocycles. The first-order valence-electron chi connectivity index (χ1n) is 7.10. The Kier molecular flexibility index (Phi) is 3.75. The number of rotatable bonds is 3. The van der Waals surface area contributed by atoms with E-state index < -0.39 is 5.97 Å². The van der Waals surface area contributed by atoms with Gasteiger partial charge in [-0.15, -0.1) is 0 Å². The monoisotopic (exact) mass is 286 g/mol. The summed E-state index contributed by atoms with van der Waals surface area (Å²) in [6.07, 6.45) is 2.05. The molecule has 0 atom stereocenters. The normalized spacial score (nSPS) is 16.3. The van der Waals surface area contributed by atoms with Crippen LogP contribution in [0.15, 0.2) is 30.3 Å². The lowest BCUT2D eigenvalue weighted by molar-refractivity contribution is 0.0696. The number of carbonyl (C=O) groups is 1. The van der Waals surface area contributed by atoms with Gasteiger partial charge in [0, 0.05) is 25.6 Å². The maximum absolute atomic E-state index is 11.5. The molecule has 1 aliphatic rings. The minimum atomic E-state index is -0.933. The number of nitrogens with zero attached hydrogens (tertiary/aromatic N) is 2. The van der Waals surface area contributed by atoms with Gasteiger partial charge in [0.1, 0.15) is 11.4 Å². The number of aromatic carboxylic acids is 1. The number of methoxy groups -OCH3 is 1. The van der Waals surface area contributed by atoms with Crippen LogP contribution in [0.1, 0.15) is 23.2 Å². The van der Waals surface area contributed by atoms with Crippen molar-refractivity contribution in [1.82, 2.24) is 4.98 Å². The van der Waals surface area contributed by atoms with E-state index in [2.05, 4.69) is 4.98 Å². The van der Waals surface area contributed by atoms with Gasteiger partial charge in [0.25, 0.3) is 0 Å². The van der Waals surface area contributed by atoms with Crippen molar-refractivity contribution in [2.75, 3.05) is 25.1 Å². The molecule has 3 rings (SSSR count). The van der Waals surface area contributed by atoms with Crippen molar-refractivity contribution in [1.29, 1.82) is 0 Å².